The normalized spacial score (nSPS) is 18.4. The fourth-order valence-electron chi connectivity index (χ4n) is 2.55. The van der Waals surface area contributed by atoms with Gasteiger partial charge in [0.2, 0.25) is 0 Å². The predicted octanol–water partition coefficient (Wildman–Crippen LogP) is 1.16. The molecule has 112 valence electrons. The lowest BCUT2D eigenvalue weighted by Gasteiger charge is -2.33. The van der Waals surface area contributed by atoms with E-state index in [0.717, 1.165) is 38.2 Å². The number of hydrogen-bond donors (Lipinski definition) is 2. The van der Waals surface area contributed by atoms with E-state index in [1.807, 2.05) is 6.07 Å². The Hall–Kier alpha value is -1.70. The number of thiazole rings is 1. The van der Waals surface area contributed by atoms with Crippen LogP contribution < -0.4 is 5.73 Å². The molecule has 1 aliphatic rings. The van der Waals surface area contributed by atoms with Crippen LogP contribution in [0.2, 0.25) is 0 Å². The van der Waals surface area contributed by atoms with Gasteiger partial charge in [0.1, 0.15) is 5.01 Å². The van der Waals surface area contributed by atoms with E-state index in [9.17, 15) is 0 Å². The molecular formula is C14H19N5OS. The first-order valence-electron chi connectivity index (χ1n) is 7.00. The molecule has 0 unspecified atom stereocenters. The van der Waals surface area contributed by atoms with Crippen LogP contribution in [0, 0.1) is 0 Å². The number of nitrogens with zero attached hydrogens (tertiary/aromatic N) is 4. The number of para-hydroxylation sites is 1. The molecule has 2 aromatic rings. The van der Waals surface area contributed by atoms with Crippen molar-refractivity contribution in [3.05, 3.63) is 29.3 Å². The van der Waals surface area contributed by atoms with Gasteiger partial charge in [0, 0.05) is 26.2 Å². The van der Waals surface area contributed by atoms with Crippen molar-refractivity contribution < 1.29 is 5.21 Å². The largest absolute Gasteiger partial charge is 0.409 e. The Morgan fingerprint density at radius 2 is 1.95 bits per heavy atom. The molecule has 6 nitrogen and oxygen atoms in total. The molecule has 3 rings (SSSR count). The number of aromatic nitrogens is 1. The molecule has 1 saturated heterocycles. The first-order valence-corrected chi connectivity index (χ1v) is 7.82. The van der Waals surface area contributed by atoms with Crippen molar-refractivity contribution in [1.82, 2.24) is 14.8 Å². The minimum Gasteiger partial charge on any atom is -0.409 e. The van der Waals surface area contributed by atoms with Crippen molar-refractivity contribution in [3.63, 3.8) is 0 Å². The van der Waals surface area contributed by atoms with Gasteiger partial charge in [-0.05, 0) is 12.1 Å². The number of piperazine rings is 1. The van der Waals surface area contributed by atoms with Crippen LogP contribution >= 0.6 is 11.3 Å². The first-order chi connectivity index (χ1) is 10.2. The maximum absolute atomic E-state index is 8.60. The zero-order valence-electron chi connectivity index (χ0n) is 11.8. The van der Waals surface area contributed by atoms with E-state index in [-0.39, 0.29) is 5.84 Å². The lowest BCUT2D eigenvalue weighted by Crippen LogP contribution is -2.48. The molecule has 0 atom stereocenters. The highest BCUT2D eigenvalue weighted by atomic mass is 32.1. The maximum Gasteiger partial charge on any atom is 0.153 e. The number of oxime groups is 1. The van der Waals surface area contributed by atoms with Gasteiger partial charge in [0.05, 0.1) is 23.3 Å². The Labute approximate surface area is 127 Å². The minimum absolute atomic E-state index is 0.273. The molecular weight excluding hydrogens is 286 g/mol. The highest BCUT2D eigenvalue weighted by Crippen LogP contribution is 2.22. The molecule has 1 aliphatic heterocycles. The van der Waals surface area contributed by atoms with Crippen LogP contribution in [0.3, 0.4) is 0 Å². The number of fused-ring (bicyclic) bond motifs is 1. The third-order valence-corrected chi connectivity index (χ3v) is 4.70. The molecule has 0 bridgehead atoms. The molecule has 2 heterocycles. The Bertz CT molecular complexity index is 600. The van der Waals surface area contributed by atoms with Crippen molar-refractivity contribution in [2.45, 2.75) is 6.54 Å². The Morgan fingerprint density at radius 1 is 1.24 bits per heavy atom. The van der Waals surface area contributed by atoms with Gasteiger partial charge in [-0.15, -0.1) is 11.3 Å². The summed E-state index contributed by atoms with van der Waals surface area (Å²) in [6.07, 6.45) is 0. The molecule has 1 aromatic heterocycles. The average molecular weight is 305 g/mol. The van der Waals surface area contributed by atoms with Crippen LogP contribution in [-0.4, -0.2) is 58.6 Å². The van der Waals surface area contributed by atoms with Gasteiger partial charge >= 0.3 is 0 Å². The molecule has 7 heteroatoms. The molecule has 3 N–H and O–H groups in total. The van der Waals surface area contributed by atoms with Crippen LogP contribution in [0.15, 0.2) is 29.4 Å². The fraction of sp³-hybridized carbons (Fsp3) is 0.429. The quantitative estimate of drug-likeness (QED) is 0.384. The minimum atomic E-state index is 0.273. The zero-order valence-corrected chi connectivity index (χ0v) is 12.6. The molecule has 0 spiro atoms. The monoisotopic (exact) mass is 305 g/mol. The zero-order chi connectivity index (χ0) is 14.7. The van der Waals surface area contributed by atoms with Crippen LogP contribution in [0.25, 0.3) is 10.2 Å². The van der Waals surface area contributed by atoms with E-state index in [1.165, 1.54) is 9.71 Å². The van der Waals surface area contributed by atoms with E-state index in [0.29, 0.717) is 6.54 Å². The summed E-state index contributed by atoms with van der Waals surface area (Å²) in [6, 6.07) is 8.25. The number of hydrogen-bond acceptors (Lipinski definition) is 6. The summed E-state index contributed by atoms with van der Waals surface area (Å²) < 4.78 is 1.25. The topological polar surface area (TPSA) is 78.0 Å². The van der Waals surface area contributed by atoms with Crippen molar-refractivity contribution in [2.75, 3.05) is 32.7 Å². The highest BCUT2D eigenvalue weighted by Gasteiger charge is 2.18. The molecule has 1 fully saturated rings. The van der Waals surface area contributed by atoms with E-state index in [4.69, 9.17) is 10.9 Å². The Kier molecular flexibility index (Phi) is 4.33. The molecule has 0 aliphatic carbocycles. The third-order valence-electron chi connectivity index (χ3n) is 3.68. The molecule has 0 radical (unpaired) electrons. The Balaban J connectivity index is 1.55. The van der Waals surface area contributed by atoms with Crippen LogP contribution in [0.5, 0.6) is 0 Å². The number of amidine groups is 1. The fourth-order valence-corrected chi connectivity index (χ4v) is 3.55. The van der Waals surface area contributed by atoms with Crippen LogP contribution in [0.1, 0.15) is 5.01 Å². The summed E-state index contributed by atoms with van der Waals surface area (Å²) in [6.45, 7) is 5.26. The van der Waals surface area contributed by atoms with E-state index >= 15 is 0 Å². The van der Waals surface area contributed by atoms with E-state index in [2.05, 4.69) is 38.1 Å². The van der Waals surface area contributed by atoms with E-state index < -0.39 is 0 Å². The lowest BCUT2D eigenvalue weighted by molar-refractivity contribution is 0.139. The lowest BCUT2D eigenvalue weighted by atomic mass is 10.3. The van der Waals surface area contributed by atoms with Crippen molar-refractivity contribution in [1.29, 1.82) is 0 Å². The summed E-state index contributed by atoms with van der Waals surface area (Å²) >= 11 is 1.77. The second kappa shape index (κ2) is 6.38. The molecule has 21 heavy (non-hydrogen) atoms. The van der Waals surface area contributed by atoms with Gasteiger partial charge in [-0.3, -0.25) is 9.80 Å². The van der Waals surface area contributed by atoms with Gasteiger partial charge in [-0.1, -0.05) is 17.3 Å². The second-order valence-electron chi connectivity index (χ2n) is 5.22. The SMILES string of the molecule is N/C(CN1CCN(Cc2nc3ccccc3s2)CC1)=N/O. The van der Waals surface area contributed by atoms with E-state index in [1.54, 1.807) is 11.3 Å². The molecule has 0 amide bonds. The maximum atomic E-state index is 8.60. The number of benzene rings is 1. The standard InChI is InChI=1S/C14H19N5OS/c15-13(17-20)9-18-5-7-19(8-6-18)10-14-16-11-3-1-2-4-12(11)21-14/h1-4,20H,5-10H2,(H2,15,17). The Morgan fingerprint density at radius 3 is 2.67 bits per heavy atom. The van der Waals surface area contributed by atoms with Crippen molar-refractivity contribution in [2.24, 2.45) is 10.9 Å². The number of rotatable bonds is 4. The molecule has 1 aromatic carbocycles. The first kappa shape index (κ1) is 14.2. The van der Waals surface area contributed by atoms with Crippen LogP contribution in [0.4, 0.5) is 0 Å². The number of nitrogens with two attached hydrogens (primary N) is 1. The summed E-state index contributed by atoms with van der Waals surface area (Å²) in [5, 5.41) is 12.8. The highest BCUT2D eigenvalue weighted by molar-refractivity contribution is 7.18. The van der Waals surface area contributed by atoms with Gasteiger partial charge in [-0.25, -0.2) is 4.98 Å². The summed E-state index contributed by atoms with van der Waals surface area (Å²) in [5.74, 6) is 0.273. The third kappa shape index (κ3) is 3.49. The molecule has 0 saturated carbocycles. The predicted molar refractivity (Wildman–Crippen MR) is 84.7 cm³/mol. The smallest absolute Gasteiger partial charge is 0.153 e. The van der Waals surface area contributed by atoms with Gasteiger partial charge < -0.3 is 10.9 Å². The summed E-state index contributed by atoms with van der Waals surface area (Å²) in [4.78, 5) is 9.28. The van der Waals surface area contributed by atoms with Gasteiger partial charge in [0.15, 0.2) is 5.84 Å². The summed E-state index contributed by atoms with van der Waals surface area (Å²) in [5.41, 5.74) is 6.63. The van der Waals surface area contributed by atoms with Crippen molar-refractivity contribution in [3.8, 4) is 0 Å². The van der Waals surface area contributed by atoms with Crippen LogP contribution in [-0.2, 0) is 6.54 Å². The van der Waals surface area contributed by atoms with Gasteiger partial charge in [0.25, 0.3) is 0 Å². The average Bonchev–Trinajstić information content (AvgIpc) is 2.91. The second-order valence-corrected chi connectivity index (χ2v) is 6.33. The summed E-state index contributed by atoms with van der Waals surface area (Å²) in [7, 11) is 0. The van der Waals surface area contributed by atoms with Crippen molar-refractivity contribution >= 4 is 27.4 Å². The van der Waals surface area contributed by atoms with Gasteiger partial charge in [-0.2, -0.15) is 0 Å².